The van der Waals surface area contributed by atoms with Crippen LogP contribution in [0, 0.1) is 5.92 Å². The van der Waals surface area contributed by atoms with Gasteiger partial charge in [0.2, 0.25) is 5.91 Å². The van der Waals surface area contributed by atoms with Crippen molar-refractivity contribution in [3.63, 3.8) is 0 Å². The van der Waals surface area contributed by atoms with E-state index in [1.807, 2.05) is 18.4 Å². The first kappa shape index (κ1) is 21.5. The van der Waals surface area contributed by atoms with E-state index in [9.17, 15) is 4.79 Å². The van der Waals surface area contributed by atoms with Crippen LogP contribution in [-0.4, -0.2) is 41.9 Å². The normalized spacial score (nSPS) is 20.1. The Labute approximate surface area is 196 Å². The van der Waals surface area contributed by atoms with E-state index in [-0.39, 0.29) is 5.91 Å². The number of benzene rings is 1. The van der Waals surface area contributed by atoms with Crippen molar-refractivity contribution in [3.8, 4) is 0 Å². The molecule has 1 aromatic rings. The van der Waals surface area contributed by atoms with Crippen LogP contribution in [0.3, 0.4) is 0 Å². The van der Waals surface area contributed by atoms with Gasteiger partial charge in [-0.1, -0.05) is 36.4 Å². The van der Waals surface area contributed by atoms with E-state index < -0.39 is 0 Å². The average molecular weight is 441 g/mol. The van der Waals surface area contributed by atoms with Gasteiger partial charge in [-0.25, -0.2) is 0 Å². The first-order valence-corrected chi connectivity index (χ1v) is 12.1. The molecule has 4 aliphatic heterocycles. The number of likely N-dealkylation sites (tertiary alicyclic amines) is 1. The van der Waals surface area contributed by atoms with Crippen molar-refractivity contribution < 1.29 is 4.79 Å². The average Bonchev–Trinajstić information content (AvgIpc) is 3.27. The lowest BCUT2D eigenvalue weighted by atomic mass is 9.96. The van der Waals surface area contributed by atoms with Crippen LogP contribution in [0.15, 0.2) is 102 Å². The van der Waals surface area contributed by atoms with Gasteiger partial charge in [0.05, 0.1) is 5.70 Å². The lowest BCUT2D eigenvalue weighted by Gasteiger charge is -2.32. The fourth-order valence-electron chi connectivity index (χ4n) is 4.88. The third kappa shape index (κ3) is 5.37. The third-order valence-electron chi connectivity index (χ3n) is 6.76. The number of nitrogens with zero attached hydrogens (tertiary/aromatic N) is 2. The van der Waals surface area contributed by atoms with E-state index >= 15 is 0 Å². The molecule has 33 heavy (non-hydrogen) atoms. The van der Waals surface area contributed by atoms with E-state index in [1.165, 1.54) is 12.0 Å². The van der Waals surface area contributed by atoms with Crippen LogP contribution in [0.1, 0.15) is 24.8 Å². The Bertz CT molecular complexity index is 1050. The van der Waals surface area contributed by atoms with E-state index in [0.717, 1.165) is 68.2 Å². The molecule has 0 radical (unpaired) electrons. The van der Waals surface area contributed by atoms with Crippen LogP contribution in [-0.2, 0) is 11.2 Å². The van der Waals surface area contributed by atoms with Gasteiger partial charge in [0.25, 0.3) is 0 Å². The lowest BCUT2D eigenvalue weighted by molar-refractivity contribution is -0.116. The molecule has 4 aliphatic rings. The number of carbonyl (C=O) groups excluding carboxylic acids is 1. The van der Waals surface area contributed by atoms with Gasteiger partial charge in [0.1, 0.15) is 5.82 Å². The molecule has 0 bridgehead atoms. The van der Waals surface area contributed by atoms with Crippen LogP contribution in [0.25, 0.3) is 0 Å². The van der Waals surface area contributed by atoms with Crippen LogP contribution >= 0.6 is 0 Å². The molecule has 0 spiro atoms. The zero-order valence-corrected chi connectivity index (χ0v) is 19.0. The van der Waals surface area contributed by atoms with Crippen molar-refractivity contribution in [2.75, 3.05) is 26.2 Å². The van der Waals surface area contributed by atoms with E-state index in [4.69, 9.17) is 0 Å². The van der Waals surface area contributed by atoms with Gasteiger partial charge < -0.3 is 15.5 Å². The van der Waals surface area contributed by atoms with Crippen molar-refractivity contribution >= 4 is 5.91 Å². The summed E-state index contributed by atoms with van der Waals surface area (Å²) in [7, 11) is 0. The first-order valence-electron chi connectivity index (χ1n) is 12.1. The quantitative estimate of drug-likeness (QED) is 0.600. The summed E-state index contributed by atoms with van der Waals surface area (Å²) in [6.45, 7) is 4.20. The third-order valence-corrected chi connectivity index (χ3v) is 6.76. The van der Waals surface area contributed by atoms with Gasteiger partial charge in [-0.3, -0.25) is 9.69 Å². The molecule has 1 fully saturated rings. The smallest absolute Gasteiger partial charge is 0.244 e. The number of aryl methyl sites for hydroxylation is 1. The molecule has 1 amide bonds. The summed E-state index contributed by atoms with van der Waals surface area (Å²) in [5, 5.41) is 6.38. The summed E-state index contributed by atoms with van der Waals surface area (Å²) in [6.07, 6.45) is 20.6. The minimum atomic E-state index is -0.0136. The predicted molar refractivity (Wildman–Crippen MR) is 133 cm³/mol. The maximum Gasteiger partial charge on any atom is 0.244 e. The molecule has 4 heterocycles. The molecule has 170 valence electrons. The van der Waals surface area contributed by atoms with Gasteiger partial charge in [-0.2, -0.15) is 0 Å². The van der Waals surface area contributed by atoms with Crippen LogP contribution in [0.5, 0.6) is 0 Å². The van der Waals surface area contributed by atoms with Gasteiger partial charge in [0, 0.05) is 24.5 Å². The molecule has 5 nitrogen and oxygen atoms in total. The molecule has 0 saturated carbocycles. The highest BCUT2D eigenvalue weighted by molar-refractivity contribution is 5.88. The molecule has 5 heteroatoms. The second kappa shape index (κ2) is 10.1. The van der Waals surface area contributed by atoms with Crippen LogP contribution in [0.2, 0.25) is 0 Å². The lowest BCUT2D eigenvalue weighted by Crippen LogP contribution is -2.38. The number of amides is 1. The zero-order valence-electron chi connectivity index (χ0n) is 19.0. The Kier molecular flexibility index (Phi) is 6.58. The van der Waals surface area contributed by atoms with E-state index in [2.05, 4.69) is 75.1 Å². The summed E-state index contributed by atoms with van der Waals surface area (Å²) in [4.78, 5) is 17.1. The molecule has 0 aromatic heterocycles. The number of allylic oxidation sites excluding steroid dienone is 7. The van der Waals surface area contributed by atoms with Crippen LogP contribution in [0.4, 0.5) is 0 Å². The van der Waals surface area contributed by atoms with Crippen molar-refractivity contribution in [1.29, 1.82) is 0 Å². The molecule has 0 atom stereocenters. The summed E-state index contributed by atoms with van der Waals surface area (Å²) >= 11 is 0. The Morgan fingerprint density at radius 1 is 1.12 bits per heavy atom. The van der Waals surface area contributed by atoms with E-state index in [1.54, 1.807) is 6.08 Å². The summed E-state index contributed by atoms with van der Waals surface area (Å²) < 4.78 is 0. The predicted octanol–water partition coefficient (Wildman–Crippen LogP) is 3.99. The molecular weight excluding hydrogens is 408 g/mol. The highest BCUT2D eigenvalue weighted by atomic mass is 16.1. The molecule has 1 aromatic carbocycles. The summed E-state index contributed by atoms with van der Waals surface area (Å²) in [5.74, 6) is 1.63. The number of carbonyl (C=O) groups is 1. The standard InChI is InChI=1S/C28H32N4O/c33-28(12-11-24-18-25-9-4-10-27-29-21-26(19-24)32(25)27)30-20-23-13-16-31(17-14-23)15-5-8-22-6-2-1-3-7-22/h1-4,6-7,9-12,18-19,21,23,29H,5,8,13-17,20H2,(H,30,33). The summed E-state index contributed by atoms with van der Waals surface area (Å²) in [5.41, 5.74) is 4.66. The van der Waals surface area contributed by atoms with Crippen molar-refractivity contribution in [2.45, 2.75) is 25.7 Å². The van der Waals surface area contributed by atoms with Crippen LogP contribution < -0.4 is 10.6 Å². The van der Waals surface area contributed by atoms with Crippen molar-refractivity contribution in [3.05, 3.63) is 107 Å². The Morgan fingerprint density at radius 2 is 1.97 bits per heavy atom. The monoisotopic (exact) mass is 440 g/mol. The fourth-order valence-corrected chi connectivity index (χ4v) is 4.88. The molecule has 1 saturated heterocycles. The first-order chi connectivity index (χ1) is 16.2. The van der Waals surface area contributed by atoms with Gasteiger partial charge in [-0.15, -0.1) is 0 Å². The fraction of sp³-hybridized carbons (Fsp3) is 0.321. The van der Waals surface area contributed by atoms with Crippen molar-refractivity contribution in [2.24, 2.45) is 5.92 Å². The number of rotatable bonds is 8. The summed E-state index contributed by atoms with van der Waals surface area (Å²) in [6, 6.07) is 10.7. The SMILES string of the molecule is O=C(C=CC1=CC2=CNC3=CC=CC(=C1)N23)NCC1CCN(CCCc2ccccc2)CC1. The number of hydrogen-bond donors (Lipinski definition) is 2. The van der Waals surface area contributed by atoms with Gasteiger partial charge >= 0.3 is 0 Å². The largest absolute Gasteiger partial charge is 0.352 e. The zero-order chi connectivity index (χ0) is 22.5. The highest BCUT2D eigenvalue weighted by Gasteiger charge is 2.25. The number of piperidine rings is 1. The number of hydrogen-bond acceptors (Lipinski definition) is 4. The minimum Gasteiger partial charge on any atom is -0.352 e. The van der Waals surface area contributed by atoms with Gasteiger partial charge in [-0.05, 0) is 92.8 Å². The van der Waals surface area contributed by atoms with Gasteiger partial charge in [0.15, 0.2) is 0 Å². The highest BCUT2D eigenvalue weighted by Crippen LogP contribution is 2.33. The minimum absolute atomic E-state index is 0.0136. The molecule has 0 unspecified atom stereocenters. The second-order valence-corrected chi connectivity index (χ2v) is 9.13. The topological polar surface area (TPSA) is 47.6 Å². The van der Waals surface area contributed by atoms with E-state index in [0.29, 0.717) is 5.92 Å². The second-order valence-electron chi connectivity index (χ2n) is 9.13. The maximum absolute atomic E-state index is 12.4. The Balaban J connectivity index is 1.02. The molecular formula is C28H32N4O. The molecule has 2 N–H and O–H groups in total. The van der Waals surface area contributed by atoms with Crippen molar-refractivity contribution in [1.82, 2.24) is 20.4 Å². The maximum atomic E-state index is 12.4. The Hall–Kier alpha value is -3.31. The Morgan fingerprint density at radius 3 is 2.82 bits per heavy atom. The number of nitrogens with one attached hydrogen (secondary N) is 2. The molecule has 0 aliphatic carbocycles. The molecule has 5 rings (SSSR count).